The number of aromatic nitrogens is 2. The number of halogens is 1. The van der Waals surface area contributed by atoms with Crippen molar-refractivity contribution in [1.82, 2.24) is 15.5 Å². The lowest BCUT2D eigenvalue weighted by molar-refractivity contribution is 0.472. The summed E-state index contributed by atoms with van der Waals surface area (Å²) < 4.78 is 6.77. The van der Waals surface area contributed by atoms with Crippen molar-refractivity contribution in [2.75, 3.05) is 0 Å². The Morgan fingerprint density at radius 2 is 2.16 bits per heavy atom. The highest BCUT2D eigenvalue weighted by Gasteiger charge is 2.07. The van der Waals surface area contributed by atoms with Gasteiger partial charge in [-0.2, -0.15) is 0 Å². The first-order valence-electron chi connectivity index (χ1n) is 6.04. The summed E-state index contributed by atoms with van der Waals surface area (Å²) in [4.78, 5) is 0. The normalized spacial score (nSPS) is 11.0. The van der Waals surface area contributed by atoms with E-state index in [2.05, 4.69) is 45.3 Å². The lowest BCUT2D eigenvalue weighted by Crippen LogP contribution is -2.21. The fourth-order valence-corrected chi connectivity index (χ4v) is 2.33. The number of hydrogen-bond acceptors (Lipinski definition) is 5. The molecule has 0 aliphatic carbocycles. The Hall–Kier alpha value is -0.980. The topological polar surface area (TPSA) is 47.0 Å². The minimum absolute atomic E-state index is 0.433. The van der Waals surface area contributed by atoms with Gasteiger partial charge in [-0.3, -0.25) is 0 Å². The number of nitrogens with zero attached hydrogens (tertiary/aromatic N) is 2. The summed E-state index contributed by atoms with van der Waals surface area (Å²) in [6.07, 6.45) is 0. The van der Waals surface area contributed by atoms with Crippen LogP contribution in [-0.2, 0) is 6.54 Å². The molecule has 0 saturated heterocycles. The van der Waals surface area contributed by atoms with Crippen LogP contribution in [0.2, 0.25) is 0 Å². The van der Waals surface area contributed by atoms with Crippen LogP contribution in [0.15, 0.2) is 22.7 Å². The lowest BCUT2D eigenvalue weighted by atomic mass is 10.2. The highest BCUT2D eigenvalue weighted by molar-refractivity contribution is 9.10. The molecule has 1 heterocycles. The molecule has 19 heavy (non-hydrogen) atoms. The molecule has 0 spiro atoms. The van der Waals surface area contributed by atoms with Crippen molar-refractivity contribution >= 4 is 27.3 Å². The standard InChI is InChI=1S/C13H16BrN3OS/c1-8(2)15-7-12-16-17-13(19-12)18-10-4-5-11(14)9(3)6-10/h4-6,8,15H,7H2,1-3H3. The molecule has 0 radical (unpaired) electrons. The minimum Gasteiger partial charge on any atom is -0.430 e. The molecule has 102 valence electrons. The van der Waals surface area contributed by atoms with Crippen LogP contribution < -0.4 is 10.1 Å². The van der Waals surface area contributed by atoms with Crippen LogP contribution in [0.25, 0.3) is 0 Å². The Kier molecular flexibility index (Phi) is 4.90. The predicted molar refractivity (Wildman–Crippen MR) is 80.8 cm³/mol. The molecule has 1 aromatic carbocycles. The van der Waals surface area contributed by atoms with E-state index in [0.717, 1.165) is 27.3 Å². The molecule has 0 saturated carbocycles. The van der Waals surface area contributed by atoms with Gasteiger partial charge in [-0.1, -0.05) is 46.2 Å². The summed E-state index contributed by atoms with van der Waals surface area (Å²) in [5, 5.41) is 12.9. The largest absolute Gasteiger partial charge is 0.430 e. The minimum atomic E-state index is 0.433. The summed E-state index contributed by atoms with van der Waals surface area (Å²) in [7, 11) is 0. The zero-order valence-electron chi connectivity index (χ0n) is 11.1. The second-order valence-electron chi connectivity index (χ2n) is 4.51. The van der Waals surface area contributed by atoms with Gasteiger partial charge < -0.3 is 10.1 Å². The molecule has 0 atom stereocenters. The van der Waals surface area contributed by atoms with Crippen molar-refractivity contribution in [1.29, 1.82) is 0 Å². The van der Waals surface area contributed by atoms with Gasteiger partial charge >= 0.3 is 0 Å². The predicted octanol–water partition coefficient (Wildman–Crippen LogP) is 3.90. The third-order valence-electron chi connectivity index (χ3n) is 2.44. The quantitative estimate of drug-likeness (QED) is 0.895. The summed E-state index contributed by atoms with van der Waals surface area (Å²) in [6.45, 7) is 6.94. The average molecular weight is 342 g/mol. The molecule has 6 heteroatoms. The number of aryl methyl sites for hydroxylation is 1. The maximum absolute atomic E-state index is 5.70. The van der Waals surface area contributed by atoms with E-state index in [1.165, 1.54) is 11.3 Å². The Morgan fingerprint density at radius 3 is 2.84 bits per heavy atom. The molecular formula is C13H16BrN3OS. The van der Waals surface area contributed by atoms with Crippen LogP contribution in [0.1, 0.15) is 24.4 Å². The van der Waals surface area contributed by atoms with Crippen LogP contribution in [-0.4, -0.2) is 16.2 Å². The fraction of sp³-hybridized carbons (Fsp3) is 0.385. The molecule has 0 fully saturated rings. The van der Waals surface area contributed by atoms with Crippen LogP contribution in [0, 0.1) is 6.92 Å². The zero-order chi connectivity index (χ0) is 13.8. The van der Waals surface area contributed by atoms with Gasteiger partial charge in [0, 0.05) is 10.5 Å². The summed E-state index contributed by atoms with van der Waals surface area (Å²) >= 11 is 4.92. The van der Waals surface area contributed by atoms with E-state index in [0.29, 0.717) is 11.2 Å². The van der Waals surface area contributed by atoms with E-state index >= 15 is 0 Å². The molecule has 0 bridgehead atoms. The van der Waals surface area contributed by atoms with Crippen molar-refractivity contribution in [2.24, 2.45) is 0 Å². The summed E-state index contributed by atoms with van der Waals surface area (Å²) in [6, 6.07) is 6.28. The lowest BCUT2D eigenvalue weighted by Gasteiger charge is -2.04. The van der Waals surface area contributed by atoms with E-state index in [4.69, 9.17) is 4.74 Å². The van der Waals surface area contributed by atoms with Gasteiger partial charge in [0.15, 0.2) is 0 Å². The molecule has 0 unspecified atom stereocenters. The molecule has 0 aliphatic heterocycles. The number of nitrogens with one attached hydrogen (secondary N) is 1. The highest BCUT2D eigenvalue weighted by atomic mass is 79.9. The molecule has 4 nitrogen and oxygen atoms in total. The highest BCUT2D eigenvalue weighted by Crippen LogP contribution is 2.28. The van der Waals surface area contributed by atoms with E-state index in [1.54, 1.807) is 0 Å². The first-order valence-corrected chi connectivity index (χ1v) is 7.65. The van der Waals surface area contributed by atoms with Gasteiger partial charge in [-0.25, -0.2) is 0 Å². The van der Waals surface area contributed by atoms with E-state index in [-0.39, 0.29) is 0 Å². The van der Waals surface area contributed by atoms with E-state index < -0.39 is 0 Å². The van der Waals surface area contributed by atoms with Crippen molar-refractivity contribution in [3.05, 3.63) is 33.2 Å². The maximum Gasteiger partial charge on any atom is 0.299 e. The number of benzene rings is 1. The summed E-state index contributed by atoms with van der Waals surface area (Å²) in [5.41, 5.74) is 1.13. The van der Waals surface area contributed by atoms with Crippen molar-refractivity contribution in [3.8, 4) is 10.9 Å². The Labute approximate surface area is 125 Å². The SMILES string of the molecule is Cc1cc(Oc2nnc(CNC(C)C)s2)ccc1Br. The molecule has 0 aliphatic rings. The third kappa shape index (κ3) is 4.26. The fourth-order valence-electron chi connectivity index (χ4n) is 1.42. The van der Waals surface area contributed by atoms with E-state index in [1.807, 2.05) is 25.1 Å². The van der Waals surface area contributed by atoms with Gasteiger partial charge in [-0.05, 0) is 30.7 Å². The first kappa shape index (κ1) is 14.4. The van der Waals surface area contributed by atoms with Gasteiger partial charge in [0.05, 0.1) is 6.54 Å². The van der Waals surface area contributed by atoms with Gasteiger partial charge in [0.2, 0.25) is 0 Å². The molecular weight excluding hydrogens is 326 g/mol. The second-order valence-corrected chi connectivity index (χ2v) is 6.39. The Balaban J connectivity index is 2.01. The van der Waals surface area contributed by atoms with Crippen LogP contribution in [0.3, 0.4) is 0 Å². The maximum atomic E-state index is 5.70. The third-order valence-corrected chi connectivity index (χ3v) is 4.14. The number of ether oxygens (including phenoxy) is 1. The summed E-state index contributed by atoms with van der Waals surface area (Å²) in [5.74, 6) is 0.778. The van der Waals surface area contributed by atoms with Gasteiger partial charge in [0.25, 0.3) is 5.19 Å². The van der Waals surface area contributed by atoms with Crippen molar-refractivity contribution in [3.63, 3.8) is 0 Å². The van der Waals surface area contributed by atoms with Gasteiger partial charge in [-0.15, -0.1) is 5.10 Å². The molecule has 1 N–H and O–H groups in total. The van der Waals surface area contributed by atoms with Crippen LogP contribution in [0.5, 0.6) is 10.9 Å². The number of hydrogen-bond donors (Lipinski definition) is 1. The molecule has 2 aromatic rings. The van der Waals surface area contributed by atoms with Crippen LogP contribution >= 0.6 is 27.3 Å². The van der Waals surface area contributed by atoms with Crippen molar-refractivity contribution in [2.45, 2.75) is 33.4 Å². The van der Waals surface area contributed by atoms with E-state index in [9.17, 15) is 0 Å². The van der Waals surface area contributed by atoms with Crippen LogP contribution in [0.4, 0.5) is 0 Å². The zero-order valence-corrected chi connectivity index (χ0v) is 13.5. The molecule has 1 aromatic heterocycles. The van der Waals surface area contributed by atoms with Crippen molar-refractivity contribution < 1.29 is 4.74 Å². The first-order chi connectivity index (χ1) is 9.04. The Morgan fingerprint density at radius 1 is 1.37 bits per heavy atom. The Bertz CT molecular complexity index is 557. The average Bonchev–Trinajstić information content (AvgIpc) is 2.79. The second kappa shape index (κ2) is 6.45. The molecule has 2 rings (SSSR count). The molecule has 0 amide bonds. The van der Waals surface area contributed by atoms with Gasteiger partial charge in [0.1, 0.15) is 10.8 Å². The smallest absolute Gasteiger partial charge is 0.299 e. The monoisotopic (exact) mass is 341 g/mol. The number of rotatable bonds is 5.